The van der Waals surface area contributed by atoms with Gasteiger partial charge in [0.1, 0.15) is 0 Å². The van der Waals surface area contributed by atoms with Gasteiger partial charge in [0.05, 0.1) is 6.04 Å². The fourth-order valence-corrected chi connectivity index (χ4v) is 10.8. The molecule has 0 spiro atoms. The van der Waals surface area contributed by atoms with Crippen molar-refractivity contribution in [1.82, 2.24) is 0 Å². The molecule has 3 heteroatoms. The third kappa shape index (κ3) is 15.9. The summed E-state index contributed by atoms with van der Waals surface area (Å²) < 4.78 is 0. The van der Waals surface area contributed by atoms with Gasteiger partial charge in [-0.15, -0.1) is 0 Å². The number of fused-ring (bicyclic) bond motifs is 1. The number of allylic oxidation sites excluding steroid dienone is 24. The van der Waals surface area contributed by atoms with Gasteiger partial charge < -0.3 is 15.1 Å². The van der Waals surface area contributed by atoms with Crippen molar-refractivity contribution in [3.63, 3.8) is 0 Å². The molecule has 0 fully saturated rings. The first-order valence-corrected chi connectivity index (χ1v) is 28.7. The summed E-state index contributed by atoms with van der Waals surface area (Å²) in [5.74, 6) is 1.10. The number of anilines is 5. The summed E-state index contributed by atoms with van der Waals surface area (Å²) in [4.78, 5) is 4.90. The molecule has 0 aliphatic heterocycles. The summed E-state index contributed by atoms with van der Waals surface area (Å²) in [6.07, 6.45) is 61.9. The van der Waals surface area contributed by atoms with Crippen LogP contribution in [0.4, 0.5) is 28.4 Å². The van der Waals surface area contributed by atoms with Crippen molar-refractivity contribution in [1.29, 1.82) is 0 Å². The van der Waals surface area contributed by atoms with Gasteiger partial charge in [-0.25, -0.2) is 0 Å². The Kier molecular flexibility index (Phi) is 20.7. The van der Waals surface area contributed by atoms with Crippen LogP contribution < -0.4 is 15.1 Å². The normalized spacial score (nSPS) is 18.5. The molecule has 6 aromatic carbocycles. The van der Waals surface area contributed by atoms with E-state index in [1.165, 1.54) is 63.8 Å². The predicted octanol–water partition coefficient (Wildman–Crippen LogP) is 21.2. The van der Waals surface area contributed by atoms with Crippen molar-refractivity contribution >= 4 is 45.3 Å². The van der Waals surface area contributed by atoms with Crippen molar-refractivity contribution in [2.24, 2.45) is 11.8 Å². The Hall–Kier alpha value is -8.92. The molecule has 0 heterocycles. The Morgan fingerprint density at radius 1 is 0.575 bits per heavy atom. The second-order valence-corrected chi connectivity index (χ2v) is 20.7. The lowest BCUT2D eigenvalue weighted by Crippen LogP contribution is -2.34. The molecule has 6 aromatic rings. The fraction of sp³-hybridized carbons (Fsp3) is 0.169. The SMILES string of the molecule is C1=CCCC=C1.C=C/C=C\c1ccc(N(C2=CC=CC(/C=C\C=C)C2)c2ccc(N(C3=CC=CCC3)C3C=CC=CC3)cc2)cc1.C=C1C=CCCC1C/C=C/C(c1ccc(Nc2ccccc2)cc1)c1ccc2ccccc2c1. The minimum Gasteiger partial charge on any atom is -0.356 e. The summed E-state index contributed by atoms with van der Waals surface area (Å²) in [7, 11) is 0. The van der Waals surface area contributed by atoms with Gasteiger partial charge in [0.15, 0.2) is 0 Å². The molecule has 11 rings (SSSR count). The van der Waals surface area contributed by atoms with Crippen LogP contribution in [0, 0.1) is 11.8 Å². The quantitative estimate of drug-likeness (QED) is 0.0725. The topological polar surface area (TPSA) is 18.5 Å². The van der Waals surface area contributed by atoms with Crippen LogP contribution in [-0.2, 0) is 0 Å². The molecule has 3 nitrogen and oxygen atoms in total. The Morgan fingerprint density at radius 2 is 1.25 bits per heavy atom. The van der Waals surface area contributed by atoms with Crippen LogP contribution in [0.1, 0.15) is 80.4 Å². The lowest BCUT2D eigenvalue weighted by atomic mass is 9.85. The van der Waals surface area contributed by atoms with E-state index in [4.69, 9.17) is 0 Å². The van der Waals surface area contributed by atoms with E-state index < -0.39 is 0 Å². The van der Waals surface area contributed by atoms with E-state index in [0.29, 0.717) is 17.9 Å². The number of para-hydroxylation sites is 1. The van der Waals surface area contributed by atoms with Crippen molar-refractivity contribution in [2.45, 2.75) is 69.7 Å². The highest BCUT2D eigenvalue weighted by atomic mass is 15.2. The highest BCUT2D eigenvalue weighted by molar-refractivity contribution is 5.83. The lowest BCUT2D eigenvalue weighted by Gasteiger charge is -2.36. The number of benzene rings is 6. The molecular formula is C77H77N3. The maximum atomic E-state index is 4.26. The zero-order valence-electron chi connectivity index (χ0n) is 46.4. The average molecular weight is 1040 g/mol. The van der Waals surface area contributed by atoms with E-state index in [9.17, 15) is 0 Å². The van der Waals surface area contributed by atoms with Gasteiger partial charge in [-0.1, -0.05) is 244 Å². The van der Waals surface area contributed by atoms with Crippen LogP contribution in [-0.4, -0.2) is 6.04 Å². The van der Waals surface area contributed by atoms with Crippen molar-refractivity contribution in [3.8, 4) is 0 Å². The molecule has 4 unspecified atom stereocenters. The van der Waals surface area contributed by atoms with Gasteiger partial charge in [-0.3, -0.25) is 0 Å². The summed E-state index contributed by atoms with van der Waals surface area (Å²) >= 11 is 0. The lowest BCUT2D eigenvalue weighted by molar-refractivity contribution is 0.571. The first-order chi connectivity index (χ1) is 39.5. The summed E-state index contributed by atoms with van der Waals surface area (Å²) in [6.45, 7) is 11.9. The molecule has 400 valence electrons. The zero-order valence-corrected chi connectivity index (χ0v) is 46.4. The highest BCUT2D eigenvalue weighted by Gasteiger charge is 2.24. The molecule has 0 saturated heterocycles. The van der Waals surface area contributed by atoms with Crippen molar-refractivity contribution in [3.05, 3.63) is 339 Å². The van der Waals surface area contributed by atoms with E-state index in [0.717, 1.165) is 66.8 Å². The second-order valence-electron chi connectivity index (χ2n) is 20.7. The number of hydrogen-bond acceptors (Lipinski definition) is 3. The maximum absolute atomic E-state index is 4.26. The van der Waals surface area contributed by atoms with Gasteiger partial charge in [-0.05, 0) is 164 Å². The van der Waals surface area contributed by atoms with E-state index in [2.05, 4.69) is 284 Å². The molecule has 4 atom stereocenters. The molecule has 0 amide bonds. The predicted molar refractivity (Wildman–Crippen MR) is 349 cm³/mol. The molecule has 0 aromatic heterocycles. The Morgan fingerprint density at radius 3 is 1.94 bits per heavy atom. The highest BCUT2D eigenvalue weighted by Crippen LogP contribution is 2.38. The minimum atomic E-state index is 0.211. The number of hydrogen-bond donors (Lipinski definition) is 1. The summed E-state index contributed by atoms with van der Waals surface area (Å²) in [5.41, 5.74) is 13.4. The number of nitrogens with one attached hydrogen (secondary N) is 1. The maximum Gasteiger partial charge on any atom is 0.0556 e. The molecular weight excluding hydrogens is 967 g/mol. The first kappa shape index (κ1) is 55.8. The largest absolute Gasteiger partial charge is 0.356 e. The van der Waals surface area contributed by atoms with E-state index >= 15 is 0 Å². The van der Waals surface area contributed by atoms with Gasteiger partial charge in [-0.2, -0.15) is 0 Å². The second kappa shape index (κ2) is 29.7. The molecule has 0 bridgehead atoms. The van der Waals surface area contributed by atoms with Crippen molar-refractivity contribution < 1.29 is 0 Å². The summed E-state index contributed by atoms with van der Waals surface area (Å²) in [5, 5.41) is 6.05. The van der Waals surface area contributed by atoms with Gasteiger partial charge in [0.2, 0.25) is 0 Å². The molecule has 80 heavy (non-hydrogen) atoms. The Bertz CT molecular complexity index is 3370. The van der Waals surface area contributed by atoms with Crippen molar-refractivity contribution in [2.75, 3.05) is 15.1 Å². The molecule has 5 aliphatic rings. The van der Waals surface area contributed by atoms with Gasteiger partial charge >= 0.3 is 0 Å². The van der Waals surface area contributed by atoms with Gasteiger partial charge in [0.25, 0.3) is 0 Å². The molecule has 5 aliphatic carbocycles. The van der Waals surface area contributed by atoms with Crippen LogP contribution in [0.5, 0.6) is 0 Å². The Balaban J connectivity index is 0.000000177. The smallest absolute Gasteiger partial charge is 0.0556 e. The van der Waals surface area contributed by atoms with Crippen LogP contribution >= 0.6 is 0 Å². The number of rotatable bonds is 17. The third-order valence-corrected chi connectivity index (χ3v) is 15.1. The molecule has 1 N–H and O–H groups in total. The average Bonchev–Trinajstić information content (AvgIpc) is 3.64. The van der Waals surface area contributed by atoms with E-state index in [1.807, 2.05) is 36.4 Å². The van der Waals surface area contributed by atoms with E-state index in [-0.39, 0.29) is 5.92 Å². The minimum absolute atomic E-state index is 0.211. The monoisotopic (exact) mass is 1040 g/mol. The fourth-order valence-electron chi connectivity index (χ4n) is 10.8. The third-order valence-electron chi connectivity index (χ3n) is 15.1. The van der Waals surface area contributed by atoms with Crippen LogP contribution in [0.2, 0.25) is 0 Å². The standard InChI is InChI=1S/C38H38N2.C33H31N.C6H8/c1-3-5-14-31-22-24-35(25-23-31)40(38-21-13-16-32(30-38)15-6-4-2)37-28-26-36(27-29-37)39(33-17-9-7-10-18-33)34-19-11-8-12-20-34;1-25-10-5-6-11-26(25)14-9-17-33(30-19-18-27-12-7-8-13-29(27)24-30)28-20-22-32(23-21-28)34-31-15-3-2-4-16-31;1-2-4-6-5-3-1/h3-11,13-17,19,21-29,32-33H,1-2,12,18,20,30H2;2-5,7-10,12-13,15-24,26,33-34H,1,6,11,14H2;1-4H,5-6H2/b14-5-,15-6-;17-9+;. The molecule has 0 radical (unpaired) electrons. The van der Waals surface area contributed by atoms with Crippen LogP contribution in [0.25, 0.3) is 16.8 Å². The zero-order chi connectivity index (χ0) is 55.0. The van der Waals surface area contributed by atoms with Crippen LogP contribution in [0.15, 0.2) is 322 Å². The van der Waals surface area contributed by atoms with Gasteiger partial charge in [0, 0.05) is 51.7 Å². The first-order valence-electron chi connectivity index (χ1n) is 28.7. The Labute approximate surface area is 478 Å². The summed E-state index contributed by atoms with van der Waals surface area (Å²) in [6, 6.07) is 52.8. The molecule has 0 saturated carbocycles. The van der Waals surface area contributed by atoms with E-state index in [1.54, 1.807) is 6.08 Å². The number of nitrogens with zero attached hydrogens (tertiary/aromatic N) is 2. The van der Waals surface area contributed by atoms with Crippen LogP contribution in [0.3, 0.4) is 0 Å².